The molecule has 150 valence electrons. The van der Waals surface area contributed by atoms with Gasteiger partial charge in [0.2, 0.25) is 0 Å². The molecule has 0 bridgehead atoms. The average Bonchev–Trinajstić information content (AvgIpc) is 3.17. The summed E-state index contributed by atoms with van der Waals surface area (Å²) in [4.78, 5) is 2.50. The average molecular weight is 389 g/mol. The Morgan fingerprint density at radius 2 is 1.61 bits per heavy atom. The van der Waals surface area contributed by atoms with Crippen LogP contribution in [0.3, 0.4) is 0 Å². The molecule has 5 heteroatoms. The molecule has 0 aromatic heterocycles. The standard InChI is InChI=1S/C23H26F3NO/c24-21-8-7-19(22(25)23(21)26)15-28-14-17-11-20(12-17)18-5-3-16(4-6-18)13-27-9-1-2-10-27/h3-8,17,20H,1-2,9-15H2. The maximum atomic E-state index is 13.6. The zero-order valence-electron chi connectivity index (χ0n) is 16.0. The topological polar surface area (TPSA) is 12.5 Å². The molecule has 0 N–H and O–H groups in total. The molecule has 2 fully saturated rings. The summed E-state index contributed by atoms with van der Waals surface area (Å²) in [6, 6.07) is 11.1. The van der Waals surface area contributed by atoms with Crippen molar-refractivity contribution in [1.82, 2.24) is 4.90 Å². The lowest BCUT2D eigenvalue weighted by molar-refractivity contribution is 0.0492. The lowest BCUT2D eigenvalue weighted by atomic mass is 9.72. The molecule has 0 radical (unpaired) electrons. The minimum absolute atomic E-state index is 0.0323. The van der Waals surface area contributed by atoms with Crippen LogP contribution < -0.4 is 0 Å². The second-order valence-electron chi connectivity index (χ2n) is 8.11. The Morgan fingerprint density at radius 1 is 0.893 bits per heavy atom. The predicted molar refractivity (Wildman–Crippen MR) is 102 cm³/mol. The van der Waals surface area contributed by atoms with Gasteiger partial charge < -0.3 is 4.74 Å². The summed E-state index contributed by atoms with van der Waals surface area (Å²) in [6.45, 7) is 3.94. The molecule has 0 atom stereocenters. The maximum Gasteiger partial charge on any atom is 0.194 e. The Kier molecular flexibility index (Phi) is 6.02. The van der Waals surface area contributed by atoms with Crippen LogP contribution in [0.25, 0.3) is 0 Å². The summed E-state index contributed by atoms with van der Waals surface area (Å²) in [5.74, 6) is -2.77. The lowest BCUT2D eigenvalue weighted by Crippen LogP contribution is -2.26. The second kappa shape index (κ2) is 8.66. The van der Waals surface area contributed by atoms with Gasteiger partial charge in [0.25, 0.3) is 0 Å². The quantitative estimate of drug-likeness (QED) is 0.587. The Morgan fingerprint density at radius 3 is 2.32 bits per heavy atom. The van der Waals surface area contributed by atoms with Gasteiger partial charge in [-0.05, 0) is 67.8 Å². The van der Waals surface area contributed by atoms with Crippen molar-refractivity contribution in [2.45, 2.75) is 44.8 Å². The van der Waals surface area contributed by atoms with Gasteiger partial charge in [-0.2, -0.15) is 0 Å². The summed E-state index contributed by atoms with van der Waals surface area (Å²) in [5.41, 5.74) is 2.80. The van der Waals surface area contributed by atoms with E-state index in [4.69, 9.17) is 4.74 Å². The normalized spacial score (nSPS) is 22.4. The molecule has 1 saturated carbocycles. The second-order valence-corrected chi connectivity index (χ2v) is 8.11. The number of nitrogens with zero attached hydrogens (tertiary/aromatic N) is 1. The van der Waals surface area contributed by atoms with Gasteiger partial charge in [0.1, 0.15) is 0 Å². The number of ether oxygens (including phenoxy) is 1. The van der Waals surface area contributed by atoms with E-state index in [1.165, 1.54) is 43.1 Å². The Bertz CT molecular complexity index is 796. The SMILES string of the molecule is Fc1ccc(COCC2CC(c3ccc(CN4CCCC4)cc3)C2)c(F)c1F. The lowest BCUT2D eigenvalue weighted by Gasteiger charge is -2.35. The van der Waals surface area contributed by atoms with Crippen molar-refractivity contribution in [3.05, 3.63) is 70.5 Å². The highest BCUT2D eigenvalue weighted by Gasteiger charge is 2.30. The molecular weight excluding hydrogens is 363 g/mol. The fourth-order valence-electron chi connectivity index (χ4n) is 4.25. The first-order valence-electron chi connectivity index (χ1n) is 10.1. The molecular formula is C23H26F3NO. The van der Waals surface area contributed by atoms with Crippen molar-refractivity contribution in [2.24, 2.45) is 5.92 Å². The minimum atomic E-state index is -1.43. The fraction of sp³-hybridized carbons (Fsp3) is 0.478. The zero-order chi connectivity index (χ0) is 19.5. The predicted octanol–water partition coefficient (Wildman–Crippen LogP) is 5.41. The summed E-state index contributed by atoms with van der Waals surface area (Å²) in [6.07, 6.45) is 4.72. The first-order valence-corrected chi connectivity index (χ1v) is 10.1. The maximum absolute atomic E-state index is 13.6. The molecule has 2 nitrogen and oxygen atoms in total. The van der Waals surface area contributed by atoms with Gasteiger partial charge in [-0.15, -0.1) is 0 Å². The van der Waals surface area contributed by atoms with Crippen LogP contribution in [0.5, 0.6) is 0 Å². The Labute approximate surface area is 164 Å². The van der Waals surface area contributed by atoms with Crippen LogP contribution in [-0.4, -0.2) is 24.6 Å². The molecule has 0 unspecified atom stereocenters. The number of benzene rings is 2. The number of halogens is 3. The van der Waals surface area contributed by atoms with Crippen LogP contribution in [-0.2, 0) is 17.9 Å². The number of hydrogen-bond donors (Lipinski definition) is 0. The Hall–Kier alpha value is -1.85. The summed E-state index contributed by atoms with van der Waals surface area (Å²) in [5, 5.41) is 0. The highest BCUT2D eigenvalue weighted by atomic mass is 19.2. The summed E-state index contributed by atoms with van der Waals surface area (Å²) < 4.78 is 45.3. The van der Waals surface area contributed by atoms with Gasteiger partial charge >= 0.3 is 0 Å². The van der Waals surface area contributed by atoms with Crippen molar-refractivity contribution >= 4 is 0 Å². The van der Waals surface area contributed by atoms with Crippen LogP contribution >= 0.6 is 0 Å². The van der Waals surface area contributed by atoms with Crippen LogP contribution in [0.15, 0.2) is 36.4 Å². The van der Waals surface area contributed by atoms with Gasteiger partial charge in [-0.25, -0.2) is 13.2 Å². The van der Waals surface area contributed by atoms with Crippen molar-refractivity contribution in [2.75, 3.05) is 19.7 Å². The van der Waals surface area contributed by atoms with Crippen molar-refractivity contribution in [3.8, 4) is 0 Å². The first kappa shape index (κ1) is 19.5. The minimum Gasteiger partial charge on any atom is -0.376 e. The molecule has 2 aromatic carbocycles. The highest BCUT2D eigenvalue weighted by molar-refractivity contribution is 5.27. The van der Waals surface area contributed by atoms with Gasteiger partial charge in [0, 0.05) is 18.7 Å². The Balaban J connectivity index is 1.20. The van der Waals surface area contributed by atoms with Gasteiger partial charge in [0.15, 0.2) is 17.5 Å². The highest BCUT2D eigenvalue weighted by Crippen LogP contribution is 2.41. The fourth-order valence-corrected chi connectivity index (χ4v) is 4.25. The molecule has 1 heterocycles. The largest absolute Gasteiger partial charge is 0.376 e. The molecule has 1 saturated heterocycles. The third kappa shape index (κ3) is 4.41. The van der Waals surface area contributed by atoms with E-state index in [9.17, 15) is 13.2 Å². The molecule has 0 amide bonds. The smallest absolute Gasteiger partial charge is 0.194 e. The molecule has 28 heavy (non-hydrogen) atoms. The van der Waals surface area contributed by atoms with Crippen molar-refractivity contribution in [1.29, 1.82) is 0 Å². The summed E-state index contributed by atoms with van der Waals surface area (Å²) in [7, 11) is 0. The van der Waals surface area contributed by atoms with E-state index in [2.05, 4.69) is 29.2 Å². The monoisotopic (exact) mass is 389 g/mol. The molecule has 2 aliphatic rings. The third-order valence-corrected chi connectivity index (χ3v) is 6.02. The van der Waals surface area contributed by atoms with Gasteiger partial charge in [-0.1, -0.05) is 30.3 Å². The van der Waals surface area contributed by atoms with E-state index in [0.29, 0.717) is 18.4 Å². The number of rotatable bonds is 7. The third-order valence-electron chi connectivity index (χ3n) is 6.02. The van der Waals surface area contributed by atoms with Crippen molar-refractivity contribution < 1.29 is 17.9 Å². The van der Waals surface area contributed by atoms with Crippen LogP contribution in [0.4, 0.5) is 13.2 Å². The number of hydrogen-bond acceptors (Lipinski definition) is 2. The van der Waals surface area contributed by atoms with Gasteiger partial charge in [-0.3, -0.25) is 4.90 Å². The van der Waals surface area contributed by atoms with Crippen LogP contribution in [0, 0.1) is 23.4 Å². The van der Waals surface area contributed by atoms with E-state index >= 15 is 0 Å². The number of likely N-dealkylation sites (tertiary alicyclic amines) is 1. The van der Waals surface area contributed by atoms with Crippen molar-refractivity contribution in [3.63, 3.8) is 0 Å². The molecule has 1 aliphatic heterocycles. The first-order chi connectivity index (χ1) is 13.6. The van der Waals surface area contributed by atoms with Crippen LogP contribution in [0.1, 0.15) is 48.3 Å². The zero-order valence-corrected chi connectivity index (χ0v) is 16.0. The van der Waals surface area contributed by atoms with E-state index in [1.807, 2.05) is 0 Å². The van der Waals surface area contributed by atoms with E-state index in [1.54, 1.807) is 0 Å². The molecule has 0 spiro atoms. The van der Waals surface area contributed by atoms with E-state index in [0.717, 1.165) is 25.5 Å². The van der Waals surface area contributed by atoms with Gasteiger partial charge in [0.05, 0.1) is 6.61 Å². The van der Waals surface area contributed by atoms with Crippen LogP contribution in [0.2, 0.25) is 0 Å². The molecule has 1 aliphatic carbocycles. The van der Waals surface area contributed by atoms with E-state index < -0.39 is 17.5 Å². The molecule has 4 rings (SSSR count). The van der Waals surface area contributed by atoms with E-state index in [-0.39, 0.29) is 12.2 Å². The summed E-state index contributed by atoms with van der Waals surface area (Å²) >= 11 is 0. The molecule has 2 aromatic rings.